The maximum absolute atomic E-state index is 12.5. The summed E-state index contributed by atoms with van der Waals surface area (Å²) in [5.74, 6) is 1.59. The molecule has 1 amide bonds. The van der Waals surface area contributed by atoms with Crippen LogP contribution in [0.25, 0.3) is 0 Å². The Labute approximate surface area is 175 Å². The summed E-state index contributed by atoms with van der Waals surface area (Å²) in [5, 5.41) is 3.01. The van der Waals surface area contributed by atoms with E-state index in [1.54, 1.807) is 0 Å². The van der Waals surface area contributed by atoms with E-state index in [1.165, 1.54) is 11.1 Å². The van der Waals surface area contributed by atoms with E-state index >= 15 is 0 Å². The first-order chi connectivity index (χ1) is 13.8. The minimum absolute atomic E-state index is 0.0644. The number of ether oxygens (including phenoxy) is 2. The molecular weight excluding hydrogens is 362 g/mol. The molecular formula is C25H35NO3. The van der Waals surface area contributed by atoms with Gasteiger partial charge in [-0.3, -0.25) is 4.79 Å². The molecule has 1 atom stereocenters. The quantitative estimate of drug-likeness (QED) is 0.554. The molecule has 158 valence electrons. The monoisotopic (exact) mass is 397 g/mol. The van der Waals surface area contributed by atoms with Crippen LogP contribution in [-0.2, 0) is 16.6 Å². The van der Waals surface area contributed by atoms with Crippen molar-refractivity contribution in [3.63, 3.8) is 0 Å². The van der Waals surface area contributed by atoms with E-state index in [4.69, 9.17) is 9.47 Å². The first-order valence-electron chi connectivity index (χ1n) is 10.6. The second-order valence-electron chi connectivity index (χ2n) is 8.22. The van der Waals surface area contributed by atoms with Gasteiger partial charge in [0.05, 0.1) is 6.61 Å². The number of rotatable bonds is 10. The van der Waals surface area contributed by atoms with Crippen LogP contribution >= 0.6 is 0 Å². The Balaban J connectivity index is 1.82. The second-order valence-corrected chi connectivity index (χ2v) is 8.22. The highest BCUT2D eigenvalue weighted by Crippen LogP contribution is 2.25. The average molecular weight is 398 g/mol. The first-order valence-corrected chi connectivity index (χ1v) is 10.6. The number of aryl methyl sites for hydroxylation is 1. The maximum Gasteiger partial charge on any atom is 0.261 e. The van der Waals surface area contributed by atoms with Gasteiger partial charge in [0.25, 0.3) is 5.91 Å². The molecule has 0 fully saturated rings. The normalized spacial score (nSPS) is 12.3. The zero-order valence-electron chi connectivity index (χ0n) is 18.5. The van der Waals surface area contributed by atoms with Crippen LogP contribution in [0.2, 0.25) is 0 Å². The molecule has 0 aliphatic heterocycles. The minimum Gasteiger partial charge on any atom is -0.494 e. The van der Waals surface area contributed by atoms with Crippen LogP contribution in [0.5, 0.6) is 11.5 Å². The highest BCUT2D eigenvalue weighted by Gasteiger charge is 2.19. The Morgan fingerprint density at radius 2 is 1.72 bits per heavy atom. The van der Waals surface area contributed by atoms with Gasteiger partial charge in [-0.2, -0.15) is 0 Å². The molecule has 0 aliphatic carbocycles. The van der Waals surface area contributed by atoms with Crippen LogP contribution in [0.15, 0.2) is 48.5 Å². The van der Waals surface area contributed by atoms with Crippen molar-refractivity contribution < 1.29 is 14.3 Å². The summed E-state index contributed by atoms with van der Waals surface area (Å²) in [6.07, 6.45) is 1.86. The third-order valence-electron chi connectivity index (χ3n) is 4.86. The fourth-order valence-electron chi connectivity index (χ4n) is 3.13. The molecule has 2 aromatic rings. The Morgan fingerprint density at radius 1 is 1.03 bits per heavy atom. The molecule has 29 heavy (non-hydrogen) atoms. The topological polar surface area (TPSA) is 47.6 Å². The van der Waals surface area contributed by atoms with Gasteiger partial charge in [-0.1, -0.05) is 58.0 Å². The maximum atomic E-state index is 12.5. The van der Waals surface area contributed by atoms with Crippen LogP contribution in [0, 0.1) is 0 Å². The van der Waals surface area contributed by atoms with E-state index in [9.17, 15) is 4.79 Å². The van der Waals surface area contributed by atoms with Crippen LogP contribution in [0.4, 0.5) is 0 Å². The molecule has 0 spiro atoms. The van der Waals surface area contributed by atoms with Crippen molar-refractivity contribution in [2.75, 3.05) is 13.2 Å². The standard InChI is InChI=1S/C25H35NO3/c1-6-22(29-21-16-14-20(15-17-21)25(3,4)5)24(27)26-18-10-12-19-11-8-9-13-23(19)28-7-2/h8-9,11,13-17,22H,6-7,10,12,18H2,1-5H3,(H,26,27)/t22-/m0/s1. The van der Waals surface area contributed by atoms with Crippen molar-refractivity contribution in [2.45, 2.75) is 65.4 Å². The highest BCUT2D eigenvalue weighted by molar-refractivity contribution is 5.81. The Hall–Kier alpha value is -2.49. The number of carbonyl (C=O) groups excluding carboxylic acids is 1. The van der Waals surface area contributed by atoms with Gasteiger partial charge in [0, 0.05) is 6.54 Å². The number of nitrogens with one attached hydrogen (secondary N) is 1. The lowest BCUT2D eigenvalue weighted by atomic mass is 9.87. The molecule has 0 aromatic heterocycles. The van der Waals surface area contributed by atoms with Gasteiger partial charge >= 0.3 is 0 Å². The summed E-state index contributed by atoms with van der Waals surface area (Å²) in [4.78, 5) is 12.5. The molecule has 0 saturated heterocycles. The number of hydrogen-bond acceptors (Lipinski definition) is 3. The van der Waals surface area contributed by atoms with Gasteiger partial charge in [-0.15, -0.1) is 0 Å². The zero-order chi connectivity index (χ0) is 21.3. The van der Waals surface area contributed by atoms with Crippen molar-refractivity contribution in [1.29, 1.82) is 0 Å². The predicted octanol–water partition coefficient (Wildman–Crippen LogP) is 5.29. The molecule has 0 heterocycles. The van der Waals surface area contributed by atoms with E-state index in [0.29, 0.717) is 19.6 Å². The van der Waals surface area contributed by atoms with Crippen molar-refractivity contribution in [3.05, 3.63) is 59.7 Å². The summed E-state index contributed by atoms with van der Waals surface area (Å²) >= 11 is 0. The smallest absolute Gasteiger partial charge is 0.261 e. The summed E-state index contributed by atoms with van der Waals surface area (Å²) in [5.41, 5.74) is 2.52. The van der Waals surface area contributed by atoms with Crippen molar-refractivity contribution >= 4 is 5.91 Å². The second kappa shape index (κ2) is 10.9. The van der Waals surface area contributed by atoms with Crippen LogP contribution < -0.4 is 14.8 Å². The van der Waals surface area contributed by atoms with E-state index < -0.39 is 6.10 Å². The minimum atomic E-state index is -0.480. The van der Waals surface area contributed by atoms with Crippen LogP contribution in [0.3, 0.4) is 0 Å². The fourth-order valence-corrected chi connectivity index (χ4v) is 3.13. The summed E-state index contributed by atoms with van der Waals surface area (Å²) < 4.78 is 11.6. The molecule has 4 nitrogen and oxygen atoms in total. The lowest BCUT2D eigenvalue weighted by molar-refractivity contribution is -0.128. The van der Waals surface area contributed by atoms with Gasteiger partial charge in [0.2, 0.25) is 0 Å². The van der Waals surface area contributed by atoms with Crippen molar-refractivity contribution in [1.82, 2.24) is 5.32 Å². The number of benzene rings is 2. The Morgan fingerprint density at radius 3 is 2.34 bits per heavy atom. The summed E-state index contributed by atoms with van der Waals surface area (Å²) in [7, 11) is 0. The van der Waals surface area contributed by atoms with Gasteiger partial charge in [0.1, 0.15) is 11.5 Å². The average Bonchev–Trinajstić information content (AvgIpc) is 2.70. The number of carbonyl (C=O) groups is 1. The molecule has 0 bridgehead atoms. The van der Waals surface area contributed by atoms with E-state index in [0.717, 1.165) is 24.3 Å². The van der Waals surface area contributed by atoms with Crippen LogP contribution in [-0.4, -0.2) is 25.2 Å². The Bertz CT molecular complexity index is 762. The van der Waals surface area contributed by atoms with Gasteiger partial charge < -0.3 is 14.8 Å². The van der Waals surface area contributed by atoms with E-state index in [-0.39, 0.29) is 11.3 Å². The fraction of sp³-hybridized carbons (Fsp3) is 0.480. The van der Waals surface area contributed by atoms with E-state index in [2.05, 4.69) is 44.3 Å². The number of hydrogen-bond donors (Lipinski definition) is 1. The van der Waals surface area contributed by atoms with Crippen LogP contribution in [0.1, 0.15) is 58.6 Å². The van der Waals surface area contributed by atoms with Gasteiger partial charge in [-0.05, 0) is 60.9 Å². The molecule has 1 N–H and O–H groups in total. The third kappa shape index (κ3) is 7.12. The molecule has 0 aliphatic rings. The summed E-state index contributed by atoms with van der Waals surface area (Å²) in [6.45, 7) is 11.8. The molecule has 2 aromatic carbocycles. The van der Waals surface area contributed by atoms with Gasteiger partial charge in [-0.25, -0.2) is 0 Å². The Kier molecular flexibility index (Phi) is 8.56. The zero-order valence-corrected chi connectivity index (χ0v) is 18.5. The number of amides is 1. The molecule has 0 radical (unpaired) electrons. The molecule has 0 unspecified atom stereocenters. The van der Waals surface area contributed by atoms with Crippen molar-refractivity contribution in [2.24, 2.45) is 0 Å². The predicted molar refractivity (Wildman–Crippen MR) is 119 cm³/mol. The first kappa shape index (κ1) is 22.8. The largest absolute Gasteiger partial charge is 0.494 e. The van der Waals surface area contributed by atoms with Crippen molar-refractivity contribution in [3.8, 4) is 11.5 Å². The van der Waals surface area contributed by atoms with Gasteiger partial charge in [0.15, 0.2) is 6.10 Å². The lowest BCUT2D eigenvalue weighted by Crippen LogP contribution is -2.38. The number of para-hydroxylation sites is 1. The SMILES string of the molecule is CCOc1ccccc1CCCNC(=O)[C@H](CC)Oc1ccc(C(C)(C)C)cc1. The lowest BCUT2D eigenvalue weighted by Gasteiger charge is -2.21. The van der Waals surface area contributed by atoms with E-state index in [1.807, 2.05) is 44.2 Å². The molecule has 2 rings (SSSR count). The molecule has 0 saturated carbocycles. The third-order valence-corrected chi connectivity index (χ3v) is 4.86. The molecule has 4 heteroatoms. The highest BCUT2D eigenvalue weighted by atomic mass is 16.5. The summed E-state index contributed by atoms with van der Waals surface area (Å²) in [6, 6.07) is 16.1.